The van der Waals surface area contributed by atoms with Crippen LogP contribution in [-0.2, 0) is 11.2 Å². The molecule has 0 saturated carbocycles. The first-order chi connectivity index (χ1) is 12.0. The molecule has 2 aromatic heterocycles. The number of nitrogens with one attached hydrogen (secondary N) is 2. The summed E-state index contributed by atoms with van der Waals surface area (Å²) >= 11 is 0. The molecule has 1 aliphatic heterocycles. The van der Waals surface area contributed by atoms with Crippen LogP contribution < -0.4 is 5.56 Å². The van der Waals surface area contributed by atoms with Gasteiger partial charge in [0.15, 0.2) is 0 Å². The van der Waals surface area contributed by atoms with Crippen molar-refractivity contribution >= 4 is 5.91 Å². The van der Waals surface area contributed by atoms with Crippen molar-refractivity contribution in [1.29, 1.82) is 5.26 Å². The van der Waals surface area contributed by atoms with Gasteiger partial charge in [0.2, 0.25) is 5.91 Å². The molecule has 3 rings (SSSR count). The van der Waals surface area contributed by atoms with Gasteiger partial charge >= 0.3 is 0 Å². The first-order valence-corrected chi connectivity index (χ1v) is 8.58. The van der Waals surface area contributed by atoms with E-state index in [9.17, 15) is 9.59 Å². The van der Waals surface area contributed by atoms with E-state index in [1.807, 2.05) is 36.2 Å². The van der Waals surface area contributed by atoms with Crippen LogP contribution in [0.1, 0.15) is 53.4 Å². The Morgan fingerprint density at radius 3 is 2.92 bits per heavy atom. The largest absolute Gasteiger partial charge is 0.363 e. The number of carbonyl (C=O) groups is 1. The third kappa shape index (κ3) is 3.22. The van der Waals surface area contributed by atoms with E-state index in [4.69, 9.17) is 5.26 Å². The molecule has 1 fully saturated rings. The fourth-order valence-corrected chi connectivity index (χ4v) is 3.74. The molecule has 6 nitrogen and oxygen atoms in total. The van der Waals surface area contributed by atoms with Crippen LogP contribution in [0.3, 0.4) is 0 Å². The maximum absolute atomic E-state index is 12.7. The number of likely N-dealkylation sites (tertiary alicyclic amines) is 1. The standard InChI is InChI=1S/C19H22N4O2/c1-12-14(13(2)22-19(25)15(12)11-20)7-8-18(24)23-10-4-6-17(23)16-5-3-9-21-16/h3,5,9,17,21H,4,6-8,10H2,1-2H3,(H,22,25)/t17-/m0/s1. The summed E-state index contributed by atoms with van der Waals surface area (Å²) in [5.74, 6) is 0.112. The molecular formula is C19H22N4O2. The maximum Gasteiger partial charge on any atom is 0.266 e. The molecule has 1 saturated heterocycles. The average molecular weight is 338 g/mol. The average Bonchev–Trinajstić information content (AvgIpc) is 3.25. The highest BCUT2D eigenvalue weighted by molar-refractivity contribution is 5.77. The van der Waals surface area contributed by atoms with Gasteiger partial charge < -0.3 is 14.9 Å². The Morgan fingerprint density at radius 1 is 1.44 bits per heavy atom. The van der Waals surface area contributed by atoms with Gasteiger partial charge in [0.1, 0.15) is 11.6 Å². The van der Waals surface area contributed by atoms with Crippen LogP contribution in [0.4, 0.5) is 0 Å². The number of aromatic nitrogens is 2. The molecule has 0 radical (unpaired) electrons. The van der Waals surface area contributed by atoms with Crippen molar-refractivity contribution in [3.8, 4) is 6.07 Å². The van der Waals surface area contributed by atoms with Gasteiger partial charge in [0.25, 0.3) is 5.56 Å². The van der Waals surface area contributed by atoms with Crippen LogP contribution in [0, 0.1) is 25.2 Å². The Labute approximate surface area is 146 Å². The number of hydrogen-bond donors (Lipinski definition) is 2. The molecule has 1 aliphatic rings. The van der Waals surface area contributed by atoms with Crippen molar-refractivity contribution in [2.45, 2.75) is 45.6 Å². The van der Waals surface area contributed by atoms with Gasteiger partial charge in [-0.15, -0.1) is 0 Å². The molecular weight excluding hydrogens is 316 g/mol. The smallest absolute Gasteiger partial charge is 0.266 e. The van der Waals surface area contributed by atoms with Crippen molar-refractivity contribution in [2.24, 2.45) is 0 Å². The molecule has 1 atom stereocenters. The maximum atomic E-state index is 12.7. The lowest BCUT2D eigenvalue weighted by atomic mass is 9.98. The van der Waals surface area contributed by atoms with Gasteiger partial charge in [-0.05, 0) is 56.4 Å². The highest BCUT2D eigenvalue weighted by Crippen LogP contribution is 2.31. The second-order valence-electron chi connectivity index (χ2n) is 6.54. The van der Waals surface area contributed by atoms with Crippen molar-refractivity contribution in [3.63, 3.8) is 0 Å². The van der Waals surface area contributed by atoms with Crippen LogP contribution in [0.15, 0.2) is 23.1 Å². The predicted octanol–water partition coefficient (Wildman–Crippen LogP) is 2.49. The van der Waals surface area contributed by atoms with E-state index < -0.39 is 0 Å². The quantitative estimate of drug-likeness (QED) is 0.897. The monoisotopic (exact) mass is 338 g/mol. The van der Waals surface area contributed by atoms with E-state index in [-0.39, 0.29) is 23.1 Å². The molecule has 2 N–H and O–H groups in total. The Morgan fingerprint density at radius 2 is 2.24 bits per heavy atom. The van der Waals surface area contributed by atoms with Crippen LogP contribution in [0.5, 0.6) is 0 Å². The molecule has 6 heteroatoms. The number of hydrogen-bond acceptors (Lipinski definition) is 3. The number of amides is 1. The molecule has 130 valence electrons. The molecule has 2 aromatic rings. The van der Waals surface area contributed by atoms with Crippen LogP contribution >= 0.6 is 0 Å². The zero-order valence-corrected chi connectivity index (χ0v) is 14.6. The van der Waals surface area contributed by atoms with Gasteiger partial charge in [-0.2, -0.15) is 5.26 Å². The second kappa shape index (κ2) is 6.98. The number of nitrogens with zero attached hydrogens (tertiary/aromatic N) is 2. The summed E-state index contributed by atoms with van der Waals surface area (Å²) in [5, 5.41) is 9.16. The highest BCUT2D eigenvalue weighted by Gasteiger charge is 2.30. The third-order valence-corrected chi connectivity index (χ3v) is 5.06. The Bertz CT molecular complexity index is 874. The van der Waals surface area contributed by atoms with Gasteiger partial charge in [-0.1, -0.05) is 0 Å². The summed E-state index contributed by atoms with van der Waals surface area (Å²) in [6, 6.07) is 6.05. The van der Waals surface area contributed by atoms with Gasteiger partial charge in [0, 0.05) is 30.6 Å². The number of aryl methyl sites for hydroxylation is 1. The number of aromatic amines is 2. The normalized spacial score (nSPS) is 16.8. The minimum atomic E-state index is -0.362. The van der Waals surface area contributed by atoms with Gasteiger partial charge in [-0.3, -0.25) is 9.59 Å². The highest BCUT2D eigenvalue weighted by atomic mass is 16.2. The van der Waals surface area contributed by atoms with E-state index in [1.54, 1.807) is 6.92 Å². The van der Waals surface area contributed by atoms with Crippen molar-refractivity contribution in [2.75, 3.05) is 6.54 Å². The minimum absolute atomic E-state index is 0.112. The lowest BCUT2D eigenvalue weighted by Crippen LogP contribution is -2.31. The summed E-state index contributed by atoms with van der Waals surface area (Å²) in [4.78, 5) is 32.4. The Hall–Kier alpha value is -2.81. The zero-order valence-electron chi connectivity index (χ0n) is 14.6. The molecule has 25 heavy (non-hydrogen) atoms. The summed E-state index contributed by atoms with van der Waals surface area (Å²) < 4.78 is 0. The van der Waals surface area contributed by atoms with Gasteiger partial charge in [0.05, 0.1) is 6.04 Å². The number of pyridine rings is 1. The SMILES string of the molecule is Cc1[nH]c(=O)c(C#N)c(C)c1CCC(=O)N1CCC[C@H]1c1ccc[nH]1. The lowest BCUT2D eigenvalue weighted by Gasteiger charge is -2.24. The topological polar surface area (TPSA) is 92.8 Å². The number of carbonyl (C=O) groups excluding carboxylic acids is 1. The van der Waals surface area contributed by atoms with Crippen molar-refractivity contribution in [1.82, 2.24) is 14.9 Å². The van der Waals surface area contributed by atoms with E-state index in [1.165, 1.54) is 0 Å². The third-order valence-electron chi connectivity index (χ3n) is 5.06. The summed E-state index contributed by atoms with van der Waals surface area (Å²) in [5.41, 5.74) is 3.15. The molecule has 0 unspecified atom stereocenters. The zero-order chi connectivity index (χ0) is 18.0. The Kier molecular flexibility index (Phi) is 4.75. The Balaban J connectivity index is 1.75. The predicted molar refractivity (Wildman–Crippen MR) is 94.1 cm³/mol. The summed E-state index contributed by atoms with van der Waals surface area (Å²) in [7, 11) is 0. The van der Waals surface area contributed by atoms with E-state index in [0.717, 1.165) is 36.3 Å². The minimum Gasteiger partial charge on any atom is -0.363 e. The molecule has 1 amide bonds. The number of H-pyrrole nitrogens is 2. The molecule has 0 aromatic carbocycles. The number of rotatable bonds is 4. The molecule has 3 heterocycles. The van der Waals surface area contributed by atoms with Crippen LogP contribution in [0.2, 0.25) is 0 Å². The van der Waals surface area contributed by atoms with E-state index in [2.05, 4.69) is 9.97 Å². The van der Waals surface area contributed by atoms with Crippen molar-refractivity contribution < 1.29 is 4.79 Å². The van der Waals surface area contributed by atoms with Gasteiger partial charge in [-0.25, -0.2) is 0 Å². The first kappa shape index (κ1) is 17.0. The summed E-state index contributed by atoms with van der Waals surface area (Å²) in [6.45, 7) is 4.36. The fraction of sp³-hybridized carbons (Fsp3) is 0.421. The van der Waals surface area contributed by atoms with E-state index >= 15 is 0 Å². The summed E-state index contributed by atoms with van der Waals surface area (Å²) in [6.07, 6.45) is 4.75. The fourth-order valence-electron chi connectivity index (χ4n) is 3.74. The van der Waals surface area contributed by atoms with Crippen LogP contribution in [-0.4, -0.2) is 27.3 Å². The molecule has 0 bridgehead atoms. The first-order valence-electron chi connectivity index (χ1n) is 8.58. The van der Waals surface area contributed by atoms with Crippen molar-refractivity contribution in [3.05, 3.63) is 56.8 Å². The van der Waals surface area contributed by atoms with Crippen LogP contribution in [0.25, 0.3) is 0 Å². The lowest BCUT2D eigenvalue weighted by molar-refractivity contribution is -0.132. The molecule has 0 aliphatic carbocycles. The molecule has 0 spiro atoms. The van der Waals surface area contributed by atoms with E-state index in [0.29, 0.717) is 18.4 Å². The number of nitriles is 1. The second-order valence-corrected chi connectivity index (χ2v) is 6.54.